The van der Waals surface area contributed by atoms with Crippen molar-refractivity contribution >= 4 is 0 Å². The molecule has 0 amide bonds. The average Bonchev–Trinajstić information content (AvgIpc) is 2.60. The number of hydrogen-bond acceptors (Lipinski definition) is 3. The minimum Gasteiger partial charge on any atom is -0.406 e. The van der Waals surface area contributed by atoms with Gasteiger partial charge >= 0.3 is 6.36 Å². The summed E-state index contributed by atoms with van der Waals surface area (Å²) in [5.74, 6) is -0.187. The van der Waals surface area contributed by atoms with E-state index in [1.54, 1.807) is 12.1 Å². The first-order chi connectivity index (χ1) is 12.0. The van der Waals surface area contributed by atoms with Gasteiger partial charge in [0, 0.05) is 18.6 Å². The van der Waals surface area contributed by atoms with Crippen LogP contribution in [0.4, 0.5) is 13.2 Å². The van der Waals surface area contributed by atoms with Gasteiger partial charge in [0.25, 0.3) is 0 Å². The van der Waals surface area contributed by atoms with Crippen LogP contribution in [0.2, 0.25) is 0 Å². The van der Waals surface area contributed by atoms with Crippen LogP contribution in [0.15, 0.2) is 54.6 Å². The van der Waals surface area contributed by atoms with Gasteiger partial charge in [-0.3, -0.25) is 0 Å². The smallest absolute Gasteiger partial charge is 0.406 e. The van der Waals surface area contributed by atoms with E-state index in [0.29, 0.717) is 6.54 Å². The van der Waals surface area contributed by atoms with Crippen LogP contribution in [0.25, 0.3) is 0 Å². The zero-order chi connectivity index (χ0) is 17.7. The summed E-state index contributed by atoms with van der Waals surface area (Å²) in [6, 6.07) is 16.7. The maximum Gasteiger partial charge on any atom is 0.573 e. The lowest BCUT2D eigenvalue weighted by Gasteiger charge is -2.34. The van der Waals surface area contributed by atoms with Gasteiger partial charge < -0.3 is 15.4 Å². The van der Waals surface area contributed by atoms with E-state index in [-0.39, 0.29) is 17.8 Å². The van der Waals surface area contributed by atoms with E-state index in [1.807, 2.05) is 18.2 Å². The Morgan fingerprint density at radius 3 is 2.64 bits per heavy atom. The summed E-state index contributed by atoms with van der Waals surface area (Å²) in [7, 11) is 0. The van der Waals surface area contributed by atoms with Crippen LogP contribution in [-0.2, 0) is 6.54 Å². The average molecular weight is 350 g/mol. The fraction of sp³-hybridized carbons (Fsp3) is 0.368. The highest BCUT2D eigenvalue weighted by atomic mass is 19.4. The predicted octanol–water partition coefficient (Wildman–Crippen LogP) is 4.17. The maximum atomic E-state index is 12.3. The molecule has 0 spiro atoms. The van der Waals surface area contributed by atoms with Gasteiger partial charge in [-0.05, 0) is 42.6 Å². The van der Waals surface area contributed by atoms with Crippen molar-refractivity contribution in [1.82, 2.24) is 10.6 Å². The van der Waals surface area contributed by atoms with Crippen molar-refractivity contribution in [2.45, 2.75) is 37.8 Å². The summed E-state index contributed by atoms with van der Waals surface area (Å²) in [5.41, 5.74) is 1.98. The molecule has 1 saturated heterocycles. The van der Waals surface area contributed by atoms with Crippen LogP contribution in [0.5, 0.6) is 5.75 Å². The van der Waals surface area contributed by atoms with Gasteiger partial charge in [-0.1, -0.05) is 42.5 Å². The number of benzene rings is 2. The fourth-order valence-electron chi connectivity index (χ4n) is 3.22. The minimum absolute atomic E-state index is 0.187. The number of halogens is 3. The van der Waals surface area contributed by atoms with Crippen molar-refractivity contribution in [3.05, 3.63) is 65.7 Å². The molecule has 1 aliphatic heterocycles. The normalized spacial score (nSPS) is 21.1. The molecule has 0 aliphatic carbocycles. The molecule has 1 aliphatic rings. The lowest BCUT2D eigenvalue weighted by atomic mass is 9.92. The van der Waals surface area contributed by atoms with Crippen molar-refractivity contribution < 1.29 is 17.9 Å². The van der Waals surface area contributed by atoms with Gasteiger partial charge in [-0.25, -0.2) is 0 Å². The molecule has 1 heterocycles. The van der Waals surface area contributed by atoms with Gasteiger partial charge in [0.05, 0.1) is 0 Å². The Bertz CT molecular complexity index is 676. The second-order valence-electron chi connectivity index (χ2n) is 6.17. The zero-order valence-corrected chi connectivity index (χ0v) is 13.7. The third-order valence-electron chi connectivity index (χ3n) is 4.32. The van der Waals surface area contributed by atoms with Gasteiger partial charge in [-0.2, -0.15) is 0 Å². The standard InChI is InChI=1S/C19H21F3N2O/c20-19(21,22)25-16-9-4-6-14(12-16)13-24-17-10-5-11-23-18(17)15-7-2-1-3-8-15/h1-4,6-9,12,17-18,23-24H,5,10-11,13H2/t17-,18-/m0/s1. The number of alkyl halides is 3. The first-order valence-corrected chi connectivity index (χ1v) is 8.38. The van der Waals surface area contributed by atoms with Gasteiger partial charge in [-0.15, -0.1) is 13.2 Å². The Hall–Kier alpha value is -2.05. The zero-order valence-electron chi connectivity index (χ0n) is 13.7. The first kappa shape index (κ1) is 17.8. The Morgan fingerprint density at radius 2 is 1.88 bits per heavy atom. The summed E-state index contributed by atoms with van der Waals surface area (Å²) in [5, 5.41) is 7.01. The van der Waals surface area contributed by atoms with E-state index in [9.17, 15) is 13.2 Å². The summed E-state index contributed by atoms with van der Waals surface area (Å²) >= 11 is 0. The maximum absolute atomic E-state index is 12.3. The number of hydrogen-bond donors (Lipinski definition) is 2. The summed E-state index contributed by atoms with van der Waals surface area (Å²) in [6.45, 7) is 1.46. The van der Waals surface area contributed by atoms with Crippen LogP contribution in [-0.4, -0.2) is 18.9 Å². The molecule has 0 saturated carbocycles. The van der Waals surface area contributed by atoms with E-state index in [1.165, 1.54) is 17.7 Å². The van der Waals surface area contributed by atoms with Crippen molar-refractivity contribution in [1.29, 1.82) is 0 Å². The topological polar surface area (TPSA) is 33.3 Å². The molecule has 3 rings (SSSR count). The van der Waals surface area contributed by atoms with Crippen LogP contribution >= 0.6 is 0 Å². The molecule has 0 unspecified atom stereocenters. The first-order valence-electron chi connectivity index (χ1n) is 8.38. The fourth-order valence-corrected chi connectivity index (χ4v) is 3.22. The van der Waals surface area contributed by atoms with Gasteiger partial charge in [0.15, 0.2) is 0 Å². The third kappa shape index (κ3) is 5.21. The van der Waals surface area contributed by atoms with Crippen LogP contribution in [0, 0.1) is 0 Å². The molecule has 25 heavy (non-hydrogen) atoms. The second-order valence-corrected chi connectivity index (χ2v) is 6.17. The number of rotatable bonds is 5. The van der Waals surface area contributed by atoms with Gasteiger partial charge in [0.1, 0.15) is 5.75 Å². The Labute approximate surface area is 145 Å². The van der Waals surface area contributed by atoms with E-state index < -0.39 is 6.36 Å². The second kappa shape index (κ2) is 7.89. The van der Waals surface area contributed by atoms with Crippen molar-refractivity contribution in [3.8, 4) is 5.75 Å². The van der Waals surface area contributed by atoms with Gasteiger partial charge in [0.2, 0.25) is 0 Å². The molecule has 0 bridgehead atoms. The van der Waals surface area contributed by atoms with E-state index >= 15 is 0 Å². The monoisotopic (exact) mass is 350 g/mol. The molecule has 134 valence electrons. The van der Waals surface area contributed by atoms with E-state index in [2.05, 4.69) is 27.5 Å². The lowest BCUT2D eigenvalue weighted by Crippen LogP contribution is -2.45. The SMILES string of the molecule is FC(F)(F)Oc1cccc(CN[C@H]2CCCN[C@H]2c2ccccc2)c1. The highest BCUT2D eigenvalue weighted by Crippen LogP contribution is 2.25. The lowest BCUT2D eigenvalue weighted by molar-refractivity contribution is -0.274. The Kier molecular flexibility index (Phi) is 5.60. The highest BCUT2D eigenvalue weighted by Gasteiger charge is 2.31. The molecule has 1 fully saturated rings. The molecule has 6 heteroatoms. The molecule has 3 nitrogen and oxygen atoms in total. The number of nitrogens with one attached hydrogen (secondary N) is 2. The molecule has 2 aromatic carbocycles. The predicted molar refractivity (Wildman–Crippen MR) is 90.2 cm³/mol. The van der Waals surface area contributed by atoms with Crippen molar-refractivity contribution in [3.63, 3.8) is 0 Å². The number of piperidine rings is 1. The molecule has 2 N–H and O–H groups in total. The molecule has 0 aromatic heterocycles. The Morgan fingerprint density at radius 1 is 1.08 bits per heavy atom. The van der Waals surface area contributed by atoms with Crippen LogP contribution < -0.4 is 15.4 Å². The molecular formula is C19H21F3N2O. The summed E-state index contributed by atoms with van der Waals surface area (Å²) in [6.07, 6.45) is -2.58. The molecule has 2 atom stereocenters. The Balaban J connectivity index is 1.64. The molecular weight excluding hydrogens is 329 g/mol. The van der Waals surface area contributed by atoms with Crippen LogP contribution in [0.3, 0.4) is 0 Å². The van der Waals surface area contributed by atoms with E-state index in [0.717, 1.165) is 24.9 Å². The molecule has 0 radical (unpaired) electrons. The highest BCUT2D eigenvalue weighted by molar-refractivity contribution is 5.29. The van der Waals surface area contributed by atoms with Crippen molar-refractivity contribution in [2.75, 3.05) is 6.54 Å². The number of ether oxygens (including phenoxy) is 1. The quantitative estimate of drug-likeness (QED) is 0.849. The summed E-state index contributed by atoms with van der Waals surface area (Å²) < 4.78 is 41.0. The summed E-state index contributed by atoms with van der Waals surface area (Å²) in [4.78, 5) is 0. The van der Waals surface area contributed by atoms with E-state index in [4.69, 9.17) is 0 Å². The van der Waals surface area contributed by atoms with Crippen molar-refractivity contribution in [2.24, 2.45) is 0 Å². The minimum atomic E-state index is -4.67. The third-order valence-corrected chi connectivity index (χ3v) is 4.32. The molecule has 2 aromatic rings. The van der Waals surface area contributed by atoms with Crippen LogP contribution in [0.1, 0.15) is 30.0 Å². The largest absolute Gasteiger partial charge is 0.573 e.